The van der Waals surface area contributed by atoms with Gasteiger partial charge in [0.1, 0.15) is 0 Å². The van der Waals surface area contributed by atoms with Gasteiger partial charge in [-0.3, -0.25) is 4.79 Å². The SMILES string of the molecule is C=C=C(C(C)=O)c1ccccc1. The molecule has 0 aliphatic carbocycles. The summed E-state index contributed by atoms with van der Waals surface area (Å²) in [5, 5.41) is 0. The Hall–Kier alpha value is -1.59. The molecule has 0 atom stereocenters. The third kappa shape index (κ3) is 1.71. The van der Waals surface area contributed by atoms with Crippen molar-refractivity contribution >= 4 is 11.4 Å². The number of carbonyl (C=O) groups excluding carboxylic acids is 1. The molecule has 0 N–H and O–H groups in total. The van der Waals surface area contributed by atoms with E-state index in [0.717, 1.165) is 5.56 Å². The number of carbonyl (C=O) groups is 1. The summed E-state index contributed by atoms with van der Waals surface area (Å²) in [7, 11) is 0. The molecule has 0 spiro atoms. The minimum atomic E-state index is -0.00352. The highest BCUT2D eigenvalue weighted by Gasteiger charge is 2.03. The fraction of sp³-hybridized carbons (Fsp3) is 0.0909. The third-order valence-corrected chi connectivity index (χ3v) is 1.59. The van der Waals surface area contributed by atoms with Crippen molar-refractivity contribution in [3.63, 3.8) is 0 Å². The van der Waals surface area contributed by atoms with Crippen LogP contribution in [-0.4, -0.2) is 5.78 Å². The molecule has 1 aromatic rings. The molecule has 0 amide bonds. The molecule has 12 heavy (non-hydrogen) atoms. The molecule has 0 aliphatic rings. The zero-order chi connectivity index (χ0) is 8.97. The Balaban J connectivity index is 3.14. The maximum Gasteiger partial charge on any atom is 0.168 e. The zero-order valence-corrected chi connectivity index (χ0v) is 7.00. The summed E-state index contributed by atoms with van der Waals surface area (Å²) in [6, 6.07) is 9.42. The first-order chi connectivity index (χ1) is 5.75. The summed E-state index contributed by atoms with van der Waals surface area (Å²) in [5.41, 5.74) is 4.06. The minimum Gasteiger partial charge on any atom is -0.294 e. The topological polar surface area (TPSA) is 17.1 Å². The van der Waals surface area contributed by atoms with E-state index < -0.39 is 0 Å². The number of Topliss-reactive ketones (excluding diaryl/α,β-unsaturated/α-hetero) is 1. The standard InChI is InChI=1S/C11H10O/c1-3-11(9(2)12)10-7-5-4-6-8-10/h4-8H,1H2,2H3. The molecular formula is C11H10O. The van der Waals surface area contributed by atoms with E-state index in [9.17, 15) is 4.79 Å². The molecule has 1 nitrogen and oxygen atoms in total. The van der Waals surface area contributed by atoms with Crippen LogP contribution < -0.4 is 0 Å². The molecule has 0 heterocycles. The summed E-state index contributed by atoms with van der Waals surface area (Å²) in [6.07, 6.45) is 0. The Kier molecular flexibility index (Phi) is 2.62. The van der Waals surface area contributed by atoms with Crippen LogP contribution >= 0.6 is 0 Å². The van der Waals surface area contributed by atoms with E-state index in [1.807, 2.05) is 30.3 Å². The van der Waals surface area contributed by atoms with Gasteiger partial charge in [0.2, 0.25) is 0 Å². The second kappa shape index (κ2) is 3.70. The summed E-state index contributed by atoms with van der Waals surface area (Å²) >= 11 is 0. The Morgan fingerprint density at radius 1 is 1.33 bits per heavy atom. The molecule has 0 fully saturated rings. The highest BCUT2D eigenvalue weighted by atomic mass is 16.1. The van der Waals surface area contributed by atoms with Gasteiger partial charge in [-0.1, -0.05) is 36.9 Å². The fourth-order valence-electron chi connectivity index (χ4n) is 1.03. The lowest BCUT2D eigenvalue weighted by Crippen LogP contribution is -1.93. The lowest BCUT2D eigenvalue weighted by Gasteiger charge is -1.98. The smallest absolute Gasteiger partial charge is 0.168 e. The summed E-state index contributed by atoms with van der Waals surface area (Å²) in [4.78, 5) is 11.0. The van der Waals surface area contributed by atoms with Crippen LogP contribution in [0.25, 0.3) is 5.57 Å². The van der Waals surface area contributed by atoms with Gasteiger partial charge in [0.05, 0.1) is 5.57 Å². The molecule has 0 saturated carbocycles. The average molecular weight is 158 g/mol. The van der Waals surface area contributed by atoms with Crippen molar-refractivity contribution in [1.29, 1.82) is 0 Å². The van der Waals surface area contributed by atoms with Gasteiger partial charge >= 0.3 is 0 Å². The second-order valence-corrected chi connectivity index (χ2v) is 2.47. The number of hydrogen-bond donors (Lipinski definition) is 0. The first-order valence-corrected chi connectivity index (χ1v) is 3.72. The lowest BCUT2D eigenvalue weighted by atomic mass is 10.0. The van der Waals surface area contributed by atoms with Gasteiger partial charge in [0.25, 0.3) is 0 Å². The minimum absolute atomic E-state index is 0.00352. The first-order valence-electron chi connectivity index (χ1n) is 3.72. The van der Waals surface area contributed by atoms with Crippen molar-refractivity contribution in [2.75, 3.05) is 0 Å². The molecule has 0 saturated heterocycles. The Morgan fingerprint density at radius 2 is 1.92 bits per heavy atom. The van der Waals surface area contributed by atoms with E-state index in [0.29, 0.717) is 5.57 Å². The van der Waals surface area contributed by atoms with Crippen LogP contribution in [0.3, 0.4) is 0 Å². The van der Waals surface area contributed by atoms with Crippen LogP contribution in [0.5, 0.6) is 0 Å². The van der Waals surface area contributed by atoms with E-state index in [1.54, 1.807) is 0 Å². The average Bonchev–Trinajstić information content (AvgIpc) is 2.07. The summed E-state index contributed by atoms with van der Waals surface area (Å²) in [5.74, 6) is -0.00352. The van der Waals surface area contributed by atoms with Crippen molar-refractivity contribution in [1.82, 2.24) is 0 Å². The maximum atomic E-state index is 11.0. The summed E-state index contributed by atoms with van der Waals surface area (Å²) in [6.45, 7) is 4.99. The molecule has 0 unspecified atom stereocenters. The molecule has 0 bridgehead atoms. The number of hydrogen-bond acceptors (Lipinski definition) is 1. The molecular weight excluding hydrogens is 148 g/mol. The number of benzene rings is 1. The number of allylic oxidation sites excluding steroid dienone is 1. The normalized spacial score (nSPS) is 8.75. The Bertz CT molecular complexity index is 329. The van der Waals surface area contributed by atoms with E-state index in [4.69, 9.17) is 0 Å². The van der Waals surface area contributed by atoms with Crippen LogP contribution in [0.1, 0.15) is 12.5 Å². The maximum absolute atomic E-state index is 11.0. The predicted octanol–water partition coefficient (Wildman–Crippen LogP) is 2.44. The van der Waals surface area contributed by atoms with Gasteiger partial charge in [-0.2, -0.15) is 0 Å². The van der Waals surface area contributed by atoms with Crippen LogP contribution in [0.15, 0.2) is 42.6 Å². The third-order valence-electron chi connectivity index (χ3n) is 1.59. The van der Waals surface area contributed by atoms with Gasteiger partial charge in [0.15, 0.2) is 5.78 Å². The number of rotatable bonds is 2. The Morgan fingerprint density at radius 3 is 2.33 bits per heavy atom. The summed E-state index contributed by atoms with van der Waals surface area (Å²) < 4.78 is 0. The van der Waals surface area contributed by atoms with Gasteiger partial charge in [-0.15, -0.1) is 5.73 Å². The molecule has 1 aromatic carbocycles. The fourth-order valence-corrected chi connectivity index (χ4v) is 1.03. The highest BCUT2D eigenvalue weighted by molar-refractivity contribution is 6.19. The monoisotopic (exact) mass is 158 g/mol. The van der Waals surface area contributed by atoms with Crippen molar-refractivity contribution < 1.29 is 4.79 Å². The van der Waals surface area contributed by atoms with E-state index in [-0.39, 0.29) is 5.78 Å². The molecule has 0 aliphatic heterocycles. The zero-order valence-electron chi connectivity index (χ0n) is 7.00. The largest absolute Gasteiger partial charge is 0.294 e. The molecule has 1 heteroatoms. The van der Waals surface area contributed by atoms with Crippen molar-refractivity contribution in [2.24, 2.45) is 0 Å². The van der Waals surface area contributed by atoms with Gasteiger partial charge < -0.3 is 0 Å². The molecule has 0 radical (unpaired) electrons. The van der Waals surface area contributed by atoms with Crippen LogP contribution in [0.2, 0.25) is 0 Å². The van der Waals surface area contributed by atoms with Crippen LogP contribution in [-0.2, 0) is 4.79 Å². The van der Waals surface area contributed by atoms with Gasteiger partial charge in [0, 0.05) is 0 Å². The molecule has 1 rings (SSSR count). The van der Waals surface area contributed by atoms with Crippen molar-refractivity contribution in [3.05, 3.63) is 48.2 Å². The first kappa shape index (κ1) is 8.51. The van der Waals surface area contributed by atoms with Gasteiger partial charge in [-0.05, 0) is 12.5 Å². The highest BCUT2D eigenvalue weighted by Crippen LogP contribution is 2.12. The molecule has 0 aromatic heterocycles. The lowest BCUT2D eigenvalue weighted by molar-refractivity contribution is -0.111. The molecule has 60 valence electrons. The predicted molar refractivity (Wildman–Crippen MR) is 49.7 cm³/mol. The van der Waals surface area contributed by atoms with Gasteiger partial charge in [-0.25, -0.2) is 0 Å². The van der Waals surface area contributed by atoms with Crippen LogP contribution in [0.4, 0.5) is 0 Å². The second-order valence-electron chi connectivity index (χ2n) is 2.47. The van der Waals surface area contributed by atoms with E-state index >= 15 is 0 Å². The number of ketones is 1. The van der Waals surface area contributed by atoms with Crippen LogP contribution in [0, 0.1) is 0 Å². The van der Waals surface area contributed by atoms with E-state index in [1.165, 1.54) is 6.92 Å². The van der Waals surface area contributed by atoms with Crippen molar-refractivity contribution in [3.8, 4) is 0 Å². The van der Waals surface area contributed by atoms with Crippen molar-refractivity contribution in [2.45, 2.75) is 6.92 Å². The quantitative estimate of drug-likeness (QED) is 0.477. The Labute approximate surface area is 72.0 Å². The van der Waals surface area contributed by atoms with E-state index in [2.05, 4.69) is 12.3 Å².